The van der Waals surface area contributed by atoms with E-state index in [1.165, 1.54) is 0 Å². The van der Waals surface area contributed by atoms with Crippen molar-refractivity contribution in [2.75, 3.05) is 12.8 Å². The lowest BCUT2D eigenvalue weighted by atomic mass is 10.4. The van der Waals surface area contributed by atoms with Crippen LogP contribution < -0.4 is 4.72 Å². The average molecular weight is 323 g/mol. The number of hydrogen-bond acceptors (Lipinski definition) is 6. The fraction of sp³-hybridized carbons (Fsp3) is 0.300. The molecule has 3 N–H and O–H groups in total. The van der Waals surface area contributed by atoms with Gasteiger partial charge in [-0.1, -0.05) is 0 Å². The largest absolute Gasteiger partial charge is 0.479 e. The Bertz CT molecular complexity index is 692. The first-order chi connectivity index (χ1) is 9.04. The summed E-state index contributed by atoms with van der Waals surface area (Å²) in [6, 6.07) is 4.40. The highest BCUT2D eigenvalue weighted by Crippen LogP contribution is 2.14. The van der Waals surface area contributed by atoms with Gasteiger partial charge in [-0.2, -0.15) is 0 Å². The Hall–Kier alpha value is -1.49. The van der Waals surface area contributed by atoms with Crippen molar-refractivity contribution in [3.63, 3.8) is 0 Å². The van der Waals surface area contributed by atoms with Crippen LogP contribution in [0.5, 0.6) is 0 Å². The number of carbonyl (C=O) groups is 1. The fourth-order valence-electron chi connectivity index (χ4n) is 1.23. The second-order valence-electron chi connectivity index (χ2n) is 3.95. The SMILES string of the molecule is CS(=O)(=O)c1ccc(S(=O)(=O)NC[C@H](O)C(=O)O)cc1. The maximum atomic E-state index is 11.8. The zero-order valence-electron chi connectivity index (χ0n) is 10.3. The van der Waals surface area contributed by atoms with Gasteiger partial charge in [0.15, 0.2) is 15.9 Å². The van der Waals surface area contributed by atoms with E-state index in [2.05, 4.69) is 0 Å². The van der Waals surface area contributed by atoms with Crippen molar-refractivity contribution in [3.8, 4) is 0 Å². The van der Waals surface area contributed by atoms with Gasteiger partial charge in [-0.05, 0) is 24.3 Å². The van der Waals surface area contributed by atoms with E-state index in [1.807, 2.05) is 4.72 Å². The topological polar surface area (TPSA) is 138 Å². The number of benzene rings is 1. The van der Waals surface area contributed by atoms with Crippen molar-refractivity contribution in [3.05, 3.63) is 24.3 Å². The molecule has 0 unspecified atom stereocenters. The smallest absolute Gasteiger partial charge is 0.333 e. The molecule has 20 heavy (non-hydrogen) atoms. The molecule has 0 aliphatic rings. The van der Waals surface area contributed by atoms with Crippen molar-refractivity contribution in [2.24, 2.45) is 0 Å². The molecule has 0 amide bonds. The lowest BCUT2D eigenvalue weighted by Crippen LogP contribution is -2.36. The minimum atomic E-state index is -4.02. The summed E-state index contributed by atoms with van der Waals surface area (Å²) in [7, 11) is -7.45. The van der Waals surface area contributed by atoms with Crippen molar-refractivity contribution >= 4 is 25.8 Å². The van der Waals surface area contributed by atoms with Crippen LogP contribution in [-0.2, 0) is 24.7 Å². The highest BCUT2D eigenvalue weighted by atomic mass is 32.2. The number of rotatable bonds is 6. The standard InChI is InChI=1S/C10H13NO7S2/c1-19(15,16)7-2-4-8(5-3-7)20(17,18)11-6-9(12)10(13)14/h2-5,9,11-12H,6H2,1H3,(H,13,14)/t9-/m0/s1. The molecule has 0 radical (unpaired) electrons. The van der Waals surface area contributed by atoms with Crippen molar-refractivity contribution in [2.45, 2.75) is 15.9 Å². The van der Waals surface area contributed by atoms with Crippen molar-refractivity contribution < 1.29 is 31.8 Å². The quantitative estimate of drug-likeness (QED) is 0.598. The maximum absolute atomic E-state index is 11.8. The second-order valence-corrected chi connectivity index (χ2v) is 7.73. The number of hydrogen-bond donors (Lipinski definition) is 3. The summed E-state index contributed by atoms with van der Waals surface area (Å²) >= 11 is 0. The van der Waals surface area contributed by atoms with E-state index in [9.17, 15) is 21.6 Å². The first-order valence-corrected chi connectivity index (χ1v) is 8.62. The first kappa shape index (κ1) is 16.6. The first-order valence-electron chi connectivity index (χ1n) is 5.25. The van der Waals surface area contributed by atoms with Gasteiger partial charge in [-0.15, -0.1) is 0 Å². The molecule has 0 saturated carbocycles. The molecule has 1 rings (SSSR count). The van der Waals surface area contributed by atoms with Crippen LogP contribution >= 0.6 is 0 Å². The van der Waals surface area contributed by atoms with Gasteiger partial charge in [0.05, 0.1) is 9.79 Å². The van der Waals surface area contributed by atoms with Gasteiger partial charge in [0.2, 0.25) is 10.0 Å². The van der Waals surface area contributed by atoms with E-state index < -0.39 is 38.5 Å². The molecule has 1 aromatic carbocycles. The van der Waals surface area contributed by atoms with Crippen LogP contribution in [0.15, 0.2) is 34.1 Å². The van der Waals surface area contributed by atoms with Gasteiger partial charge in [0, 0.05) is 12.8 Å². The predicted molar refractivity (Wildman–Crippen MR) is 68.4 cm³/mol. The molecule has 0 aliphatic carbocycles. The van der Waals surface area contributed by atoms with Crippen LogP contribution in [0.3, 0.4) is 0 Å². The third kappa shape index (κ3) is 4.27. The molecule has 1 atom stereocenters. The summed E-state index contributed by atoms with van der Waals surface area (Å²) in [4.78, 5) is 10.1. The summed E-state index contributed by atoms with van der Waals surface area (Å²) in [6.07, 6.45) is -0.877. The van der Waals surface area contributed by atoms with E-state index in [0.29, 0.717) is 0 Å². The van der Waals surface area contributed by atoms with Gasteiger partial charge in [-0.3, -0.25) is 0 Å². The lowest BCUT2D eigenvalue weighted by molar-refractivity contribution is -0.146. The monoisotopic (exact) mass is 323 g/mol. The number of carboxylic acid groups (broad SMARTS) is 1. The highest BCUT2D eigenvalue weighted by Gasteiger charge is 2.19. The van der Waals surface area contributed by atoms with Crippen LogP contribution in [0, 0.1) is 0 Å². The van der Waals surface area contributed by atoms with Gasteiger partial charge in [0.1, 0.15) is 0 Å². The number of carboxylic acids is 1. The maximum Gasteiger partial charge on any atom is 0.333 e. The molecule has 10 heteroatoms. The van der Waals surface area contributed by atoms with Crippen LogP contribution in [0.25, 0.3) is 0 Å². The van der Waals surface area contributed by atoms with Gasteiger partial charge >= 0.3 is 5.97 Å². The van der Waals surface area contributed by atoms with Crippen LogP contribution in [0.2, 0.25) is 0 Å². The van der Waals surface area contributed by atoms with Crippen molar-refractivity contribution in [1.29, 1.82) is 0 Å². The third-order valence-corrected chi connectivity index (χ3v) is 4.88. The summed E-state index contributed by atoms with van der Waals surface area (Å²) in [5, 5.41) is 17.4. The van der Waals surface area contributed by atoms with E-state index in [4.69, 9.17) is 10.2 Å². The third-order valence-electron chi connectivity index (χ3n) is 2.31. The van der Waals surface area contributed by atoms with Crippen LogP contribution in [-0.4, -0.2) is 51.9 Å². The molecule has 0 heterocycles. The number of nitrogens with one attached hydrogen (secondary N) is 1. The van der Waals surface area contributed by atoms with Crippen molar-refractivity contribution in [1.82, 2.24) is 4.72 Å². The van der Waals surface area contributed by atoms with E-state index in [1.54, 1.807) is 0 Å². The predicted octanol–water partition coefficient (Wildman–Crippen LogP) is -1.19. The summed E-state index contributed by atoms with van der Waals surface area (Å²) in [6.45, 7) is -0.689. The molecule has 112 valence electrons. The Morgan fingerprint density at radius 3 is 2.00 bits per heavy atom. The molecule has 8 nitrogen and oxygen atoms in total. The Labute approximate surface area is 116 Å². The molecular weight excluding hydrogens is 310 g/mol. The van der Waals surface area contributed by atoms with E-state index in [0.717, 1.165) is 30.5 Å². The van der Waals surface area contributed by atoms with Gasteiger partial charge < -0.3 is 10.2 Å². The van der Waals surface area contributed by atoms with E-state index in [-0.39, 0.29) is 9.79 Å². The zero-order valence-corrected chi connectivity index (χ0v) is 12.0. The molecule has 1 aromatic rings. The number of sulfonamides is 1. The molecule has 0 saturated heterocycles. The summed E-state index contributed by atoms with van der Waals surface area (Å²) < 4.78 is 47.9. The van der Waals surface area contributed by atoms with E-state index >= 15 is 0 Å². The second kappa shape index (κ2) is 5.87. The minimum absolute atomic E-state index is 0.0398. The van der Waals surface area contributed by atoms with Crippen LogP contribution in [0.4, 0.5) is 0 Å². The minimum Gasteiger partial charge on any atom is -0.479 e. The molecular formula is C10H13NO7S2. The molecule has 0 fully saturated rings. The Morgan fingerprint density at radius 2 is 1.60 bits per heavy atom. The number of aliphatic carboxylic acids is 1. The lowest BCUT2D eigenvalue weighted by Gasteiger charge is -2.09. The number of aliphatic hydroxyl groups is 1. The zero-order chi connectivity index (χ0) is 15.6. The Kier molecular flexibility index (Phi) is 4.86. The van der Waals surface area contributed by atoms with Gasteiger partial charge in [0.25, 0.3) is 0 Å². The molecule has 0 aliphatic heterocycles. The normalized spacial score (nSPS) is 13.9. The highest BCUT2D eigenvalue weighted by molar-refractivity contribution is 7.90. The fourth-order valence-corrected chi connectivity index (χ4v) is 2.89. The number of aliphatic hydroxyl groups excluding tert-OH is 1. The summed E-state index contributed by atoms with van der Waals surface area (Å²) in [5.74, 6) is -1.56. The number of sulfone groups is 1. The Morgan fingerprint density at radius 1 is 1.15 bits per heavy atom. The summed E-state index contributed by atoms with van der Waals surface area (Å²) in [5.41, 5.74) is 0. The molecule has 0 bridgehead atoms. The molecule has 0 aromatic heterocycles. The Balaban J connectivity index is 2.91. The molecule has 0 spiro atoms. The van der Waals surface area contributed by atoms with Gasteiger partial charge in [-0.25, -0.2) is 26.4 Å². The average Bonchev–Trinajstić information content (AvgIpc) is 2.35. The van der Waals surface area contributed by atoms with Crippen LogP contribution in [0.1, 0.15) is 0 Å².